The lowest BCUT2D eigenvalue weighted by atomic mass is 10.3. The minimum Gasteiger partial charge on any atom is -0.466 e. The zero-order valence-corrected chi connectivity index (χ0v) is 14.2. The van der Waals surface area contributed by atoms with E-state index in [1.807, 2.05) is 0 Å². The van der Waals surface area contributed by atoms with Gasteiger partial charge in [-0.2, -0.15) is 18.3 Å². The molecule has 2 heterocycles. The molecule has 0 radical (unpaired) electrons. The monoisotopic (exact) mass is 376 g/mol. The first kappa shape index (κ1) is 18.9. The predicted molar refractivity (Wildman–Crippen MR) is 83.0 cm³/mol. The second-order valence-corrected chi connectivity index (χ2v) is 5.86. The van der Waals surface area contributed by atoms with Gasteiger partial charge in [-0.1, -0.05) is 0 Å². The van der Waals surface area contributed by atoms with Crippen LogP contribution in [-0.4, -0.2) is 33.2 Å². The molecule has 2 aromatic heterocycles. The summed E-state index contributed by atoms with van der Waals surface area (Å²) in [6, 6.07) is 0.869. The number of ether oxygens (including phenoxy) is 1. The van der Waals surface area contributed by atoms with Crippen molar-refractivity contribution in [3.63, 3.8) is 0 Å². The van der Waals surface area contributed by atoms with Gasteiger partial charge in [0, 0.05) is 11.1 Å². The number of rotatable bonds is 6. The van der Waals surface area contributed by atoms with E-state index in [9.17, 15) is 22.8 Å². The molecule has 0 saturated carbocycles. The van der Waals surface area contributed by atoms with Crippen LogP contribution in [0.4, 0.5) is 18.3 Å². The lowest BCUT2D eigenvalue weighted by molar-refractivity contribution is -0.142. The molecule has 0 fully saturated rings. The fourth-order valence-electron chi connectivity index (χ4n) is 1.91. The van der Waals surface area contributed by atoms with Crippen LogP contribution >= 0.6 is 11.3 Å². The van der Waals surface area contributed by atoms with Gasteiger partial charge in [-0.15, -0.1) is 11.3 Å². The van der Waals surface area contributed by atoms with Crippen LogP contribution in [0.1, 0.15) is 24.0 Å². The highest BCUT2D eigenvalue weighted by Crippen LogP contribution is 2.28. The quantitative estimate of drug-likeness (QED) is 0.783. The molecule has 11 heteroatoms. The van der Waals surface area contributed by atoms with Gasteiger partial charge in [0.15, 0.2) is 10.8 Å². The standard InChI is InChI=1S/C14H15F3N4O3S/c1-3-24-12(23)5-9-7-25-13(18-9)19-11(22)6-21-8(2)4-10(20-21)14(15,16)17/h4,7H,3,5-6H2,1-2H3,(H,18,19,22). The fourth-order valence-corrected chi connectivity index (χ4v) is 2.64. The third-order valence-corrected chi connectivity index (χ3v) is 3.80. The van der Waals surface area contributed by atoms with Crippen molar-refractivity contribution >= 4 is 28.3 Å². The van der Waals surface area contributed by atoms with E-state index in [0.29, 0.717) is 5.69 Å². The second-order valence-electron chi connectivity index (χ2n) is 5.00. The molecule has 7 nitrogen and oxygen atoms in total. The van der Waals surface area contributed by atoms with E-state index in [4.69, 9.17) is 4.74 Å². The zero-order valence-electron chi connectivity index (χ0n) is 13.4. The molecule has 0 saturated heterocycles. The van der Waals surface area contributed by atoms with Crippen molar-refractivity contribution < 1.29 is 27.5 Å². The highest BCUT2D eigenvalue weighted by atomic mass is 32.1. The third-order valence-electron chi connectivity index (χ3n) is 2.99. The number of esters is 1. The van der Waals surface area contributed by atoms with Gasteiger partial charge < -0.3 is 10.1 Å². The number of anilines is 1. The Kier molecular flexibility index (Phi) is 5.77. The number of aryl methyl sites for hydroxylation is 1. The van der Waals surface area contributed by atoms with Crippen molar-refractivity contribution in [3.8, 4) is 0 Å². The van der Waals surface area contributed by atoms with E-state index in [1.165, 1.54) is 6.92 Å². The summed E-state index contributed by atoms with van der Waals surface area (Å²) < 4.78 is 43.6. The summed E-state index contributed by atoms with van der Waals surface area (Å²) in [5, 5.41) is 7.68. The summed E-state index contributed by atoms with van der Waals surface area (Å²) in [6.45, 7) is 2.99. The van der Waals surface area contributed by atoms with Crippen molar-refractivity contribution in [1.82, 2.24) is 14.8 Å². The van der Waals surface area contributed by atoms with Gasteiger partial charge in [-0.3, -0.25) is 14.3 Å². The molecule has 2 aromatic rings. The van der Waals surface area contributed by atoms with E-state index in [-0.39, 0.29) is 30.4 Å². The highest BCUT2D eigenvalue weighted by Gasteiger charge is 2.34. The van der Waals surface area contributed by atoms with Crippen LogP contribution in [0, 0.1) is 6.92 Å². The third kappa shape index (κ3) is 5.28. The fraction of sp³-hybridized carbons (Fsp3) is 0.429. The Hall–Kier alpha value is -2.43. The molecular formula is C14H15F3N4O3S. The Morgan fingerprint density at radius 1 is 1.40 bits per heavy atom. The Bertz CT molecular complexity index is 770. The van der Waals surface area contributed by atoms with E-state index in [0.717, 1.165) is 22.1 Å². The molecule has 136 valence electrons. The Balaban J connectivity index is 1.96. The molecule has 1 amide bonds. The number of halogens is 3. The average Bonchev–Trinajstić information content (AvgIpc) is 3.06. The Labute approximate surface area is 144 Å². The first-order chi connectivity index (χ1) is 11.7. The number of carbonyl (C=O) groups excluding carboxylic acids is 2. The van der Waals surface area contributed by atoms with Crippen LogP contribution in [-0.2, 0) is 33.5 Å². The first-order valence-corrected chi connectivity index (χ1v) is 8.08. The average molecular weight is 376 g/mol. The van der Waals surface area contributed by atoms with Crippen LogP contribution < -0.4 is 5.32 Å². The van der Waals surface area contributed by atoms with Crippen LogP contribution in [0.3, 0.4) is 0 Å². The van der Waals surface area contributed by atoms with Crippen molar-refractivity contribution in [2.75, 3.05) is 11.9 Å². The first-order valence-electron chi connectivity index (χ1n) is 7.20. The molecule has 1 N–H and O–H groups in total. The molecule has 0 aromatic carbocycles. The number of amides is 1. The molecule has 0 aliphatic carbocycles. The van der Waals surface area contributed by atoms with Gasteiger partial charge in [-0.25, -0.2) is 4.98 Å². The minimum atomic E-state index is -4.57. The normalized spacial score (nSPS) is 11.4. The van der Waals surface area contributed by atoms with Crippen LogP contribution in [0.5, 0.6) is 0 Å². The van der Waals surface area contributed by atoms with E-state index in [2.05, 4.69) is 15.4 Å². The number of carbonyl (C=O) groups is 2. The molecular weight excluding hydrogens is 361 g/mol. The van der Waals surface area contributed by atoms with Gasteiger partial charge in [-0.05, 0) is 19.9 Å². The summed E-state index contributed by atoms with van der Waals surface area (Å²) in [5.74, 6) is -1.01. The predicted octanol–water partition coefficient (Wildman–Crippen LogP) is 2.41. The van der Waals surface area contributed by atoms with Gasteiger partial charge in [0.25, 0.3) is 0 Å². The van der Waals surface area contributed by atoms with Crippen molar-refractivity contribution in [2.24, 2.45) is 0 Å². The Morgan fingerprint density at radius 3 is 2.72 bits per heavy atom. The van der Waals surface area contributed by atoms with E-state index < -0.39 is 23.7 Å². The summed E-state index contributed by atoms with van der Waals surface area (Å²) in [7, 11) is 0. The number of hydrogen-bond acceptors (Lipinski definition) is 6. The van der Waals surface area contributed by atoms with Crippen molar-refractivity contribution in [2.45, 2.75) is 33.0 Å². The molecule has 25 heavy (non-hydrogen) atoms. The number of thiazole rings is 1. The maximum absolute atomic E-state index is 12.6. The summed E-state index contributed by atoms with van der Waals surface area (Å²) in [5.41, 5.74) is -0.401. The molecule has 0 aliphatic heterocycles. The minimum absolute atomic E-state index is 0.0204. The molecule has 0 aliphatic rings. The Morgan fingerprint density at radius 2 is 2.12 bits per heavy atom. The topological polar surface area (TPSA) is 86.1 Å². The maximum atomic E-state index is 12.6. The summed E-state index contributed by atoms with van der Waals surface area (Å²) >= 11 is 1.10. The molecule has 0 atom stereocenters. The maximum Gasteiger partial charge on any atom is 0.435 e. The number of nitrogens with zero attached hydrogens (tertiary/aromatic N) is 3. The number of nitrogens with one attached hydrogen (secondary N) is 1. The van der Waals surface area contributed by atoms with Crippen LogP contribution in [0.25, 0.3) is 0 Å². The number of alkyl halides is 3. The molecule has 0 bridgehead atoms. The van der Waals surface area contributed by atoms with E-state index >= 15 is 0 Å². The lowest BCUT2D eigenvalue weighted by Gasteiger charge is -2.04. The second kappa shape index (κ2) is 7.64. The van der Waals surface area contributed by atoms with Gasteiger partial charge in [0.2, 0.25) is 5.91 Å². The molecule has 0 spiro atoms. The van der Waals surface area contributed by atoms with Crippen molar-refractivity contribution in [3.05, 3.63) is 28.5 Å². The zero-order chi connectivity index (χ0) is 18.6. The smallest absolute Gasteiger partial charge is 0.435 e. The van der Waals surface area contributed by atoms with Gasteiger partial charge >= 0.3 is 12.1 Å². The number of aromatic nitrogens is 3. The summed E-state index contributed by atoms with van der Waals surface area (Å²) in [4.78, 5) is 27.4. The van der Waals surface area contributed by atoms with Crippen LogP contribution in [0.15, 0.2) is 11.4 Å². The highest BCUT2D eigenvalue weighted by molar-refractivity contribution is 7.13. The number of hydrogen-bond donors (Lipinski definition) is 1. The van der Waals surface area contributed by atoms with Gasteiger partial charge in [0.1, 0.15) is 6.54 Å². The molecule has 2 rings (SSSR count). The SMILES string of the molecule is CCOC(=O)Cc1csc(NC(=O)Cn2nc(C(F)(F)F)cc2C)n1. The van der Waals surface area contributed by atoms with Gasteiger partial charge in [0.05, 0.1) is 18.7 Å². The van der Waals surface area contributed by atoms with Crippen molar-refractivity contribution in [1.29, 1.82) is 0 Å². The lowest BCUT2D eigenvalue weighted by Crippen LogP contribution is -2.20. The largest absolute Gasteiger partial charge is 0.466 e. The van der Waals surface area contributed by atoms with E-state index in [1.54, 1.807) is 12.3 Å². The molecule has 0 unspecified atom stereocenters. The summed E-state index contributed by atoms with van der Waals surface area (Å²) in [6.07, 6.45) is -4.59. The van der Waals surface area contributed by atoms with Crippen LogP contribution in [0.2, 0.25) is 0 Å².